The fraction of sp³-hybridized carbons (Fsp3) is 0.828. The Morgan fingerprint density at radius 2 is 1.76 bits per heavy atom. The zero-order chi connectivity index (χ0) is 26.8. The standard InChI is InChI=1S/C29H36O9/c1-13-10-15(34-23(13)32)21-14(2)20-22(31)29(33)25(5)17-7-6-16-24(3,4)35-18-11-19(30)36-27(16,18)12-26(17,38-29)8-9-28(20,25)37-21/h10,14-18,20-21,33H,6-9,11-12H2,1-5H3/t14-,15-,16-,17-,18+,20-,21+,25+,26-,27+,28-,29-/m0/s1. The third kappa shape index (κ3) is 2.26. The highest BCUT2D eigenvalue weighted by Gasteiger charge is 2.91. The van der Waals surface area contributed by atoms with Gasteiger partial charge < -0.3 is 28.8 Å². The van der Waals surface area contributed by atoms with Gasteiger partial charge in [-0.3, -0.25) is 9.59 Å². The lowest BCUT2D eigenvalue weighted by Gasteiger charge is -2.53. The van der Waals surface area contributed by atoms with Crippen LogP contribution in [-0.4, -0.2) is 69.3 Å². The van der Waals surface area contributed by atoms with Gasteiger partial charge in [-0.2, -0.15) is 0 Å². The van der Waals surface area contributed by atoms with Crippen molar-refractivity contribution in [2.45, 2.75) is 120 Å². The number of rotatable bonds is 1. The van der Waals surface area contributed by atoms with Gasteiger partial charge in [-0.15, -0.1) is 0 Å². The Morgan fingerprint density at radius 3 is 2.47 bits per heavy atom. The highest BCUT2D eigenvalue weighted by molar-refractivity contribution is 5.95. The van der Waals surface area contributed by atoms with Gasteiger partial charge in [0, 0.05) is 23.8 Å². The Labute approximate surface area is 221 Å². The summed E-state index contributed by atoms with van der Waals surface area (Å²) in [7, 11) is 0. The van der Waals surface area contributed by atoms with Crippen LogP contribution in [0.1, 0.15) is 73.1 Å². The Morgan fingerprint density at radius 1 is 1.03 bits per heavy atom. The quantitative estimate of drug-likeness (QED) is 0.512. The molecule has 206 valence electrons. The maximum atomic E-state index is 14.2. The predicted molar refractivity (Wildman–Crippen MR) is 128 cm³/mol. The van der Waals surface area contributed by atoms with Crippen LogP contribution in [0.25, 0.3) is 0 Å². The Hall–Kier alpha value is -1.81. The number of carbonyl (C=O) groups excluding carboxylic acids is 3. The molecule has 8 rings (SSSR count). The molecule has 3 saturated carbocycles. The molecule has 7 fully saturated rings. The number of aliphatic hydroxyl groups is 1. The van der Waals surface area contributed by atoms with Gasteiger partial charge in [0.25, 0.3) is 0 Å². The first-order valence-electron chi connectivity index (χ1n) is 14.2. The fourth-order valence-corrected chi connectivity index (χ4v) is 11.0. The average Bonchev–Trinajstić information content (AvgIpc) is 3.49. The topological polar surface area (TPSA) is 118 Å². The minimum atomic E-state index is -1.99. The summed E-state index contributed by atoms with van der Waals surface area (Å²) in [6, 6.07) is 0. The summed E-state index contributed by atoms with van der Waals surface area (Å²) in [5.41, 5.74) is -3.52. The maximum Gasteiger partial charge on any atom is 0.334 e. The molecule has 3 aliphatic carbocycles. The van der Waals surface area contributed by atoms with Crippen molar-refractivity contribution in [3.63, 3.8) is 0 Å². The number of esters is 2. The smallest absolute Gasteiger partial charge is 0.334 e. The molecule has 4 saturated heterocycles. The fourth-order valence-electron chi connectivity index (χ4n) is 11.0. The van der Waals surface area contributed by atoms with Gasteiger partial charge in [0.05, 0.1) is 34.6 Å². The first-order chi connectivity index (χ1) is 17.7. The van der Waals surface area contributed by atoms with Crippen molar-refractivity contribution in [2.75, 3.05) is 0 Å². The summed E-state index contributed by atoms with van der Waals surface area (Å²) in [5, 5.41) is 12.3. The van der Waals surface area contributed by atoms with Gasteiger partial charge in [-0.1, -0.05) is 13.8 Å². The Kier molecular flexibility index (Phi) is 4.15. The van der Waals surface area contributed by atoms with Crippen molar-refractivity contribution in [3.8, 4) is 0 Å². The van der Waals surface area contributed by atoms with E-state index in [-0.39, 0.29) is 48.0 Å². The number of hydrogen-bond donors (Lipinski definition) is 1. The number of hydrogen-bond acceptors (Lipinski definition) is 9. The molecular formula is C29H36O9. The Balaban J connectivity index is 1.24. The molecule has 5 aliphatic heterocycles. The van der Waals surface area contributed by atoms with Gasteiger partial charge in [-0.25, -0.2) is 4.79 Å². The van der Waals surface area contributed by atoms with E-state index in [0.29, 0.717) is 31.3 Å². The molecule has 12 atom stereocenters. The number of ketones is 1. The minimum absolute atomic E-state index is 0.0154. The second kappa shape index (κ2) is 6.56. The molecular weight excluding hydrogens is 492 g/mol. The van der Waals surface area contributed by atoms with Crippen LogP contribution in [0.2, 0.25) is 0 Å². The van der Waals surface area contributed by atoms with Crippen LogP contribution < -0.4 is 0 Å². The zero-order valence-corrected chi connectivity index (χ0v) is 22.6. The highest BCUT2D eigenvalue weighted by atomic mass is 16.7. The monoisotopic (exact) mass is 528 g/mol. The van der Waals surface area contributed by atoms with Crippen LogP contribution in [0, 0.1) is 29.1 Å². The first-order valence-corrected chi connectivity index (χ1v) is 14.2. The Bertz CT molecular complexity index is 1240. The van der Waals surface area contributed by atoms with Gasteiger partial charge in [0.15, 0.2) is 5.78 Å². The van der Waals surface area contributed by atoms with Crippen molar-refractivity contribution in [1.29, 1.82) is 0 Å². The number of cyclic esters (lactones) is 1. The van der Waals surface area contributed by atoms with E-state index in [0.717, 1.165) is 6.42 Å². The third-order valence-electron chi connectivity index (χ3n) is 12.4. The van der Waals surface area contributed by atoms with E-state index in [1.807, 2.05) is 13.8 Å². The second-order valence-corrected chi connectivity index (χ2v) is 14.1. The van der Waals surface area contributed by atoms with Crippen molar-refractivity contribution < 1.29 is 43.2 Å². The summed E-state index contributed by atoms with van der Waals surface area (Å²) in [4.78, 5) is 39.0. The van der Waals surface area contributed by atoms with Crippen molar-refractivity contribution >= 4 is 17.7 Å². The molecule has 0 aromatic carbocycles. The van der Waals surface area contributed by atoms with Gasteiger partial charge >= 0.3 is 11.9 Å². The predicted octanol–water partition coefficient (Wildman–Crippen LogP) is 2.37. The summed E-state index contributed by atoms with van der Waals surface area (Å²) in [6.45, 7) is 9.80. The zero-order valence-electron chi connectivity index (χ0n) is 22.6. The van der Waals surface area contributed by atoms with Crippen LogP contribution in [0.15, 0.2) is 11.6 Å². The largest absolute Gasteiger partial charge is 0.456 e. The van der Waals surface area contributed by atoms with Crippen LogP contribution in [0.4, 0.5) is 0 Å². The van der Waals surface area contributed by atoms with Crippen LogP contribution in [0.5, 0.6) is 0 Å². The maximum absolute atomic E-state index is 14.2. The van der Waals surface area contributed by atoms with E-state index in [1.165, 1.54) is 0 Å². The van der Waals surface area contributed by atoms with Crippen molar-refractivity contribution in [2.24, 2.45) is 29.1 Å². The normalized spacial score (nSPS) is 59.1. The molecule has 0 radical (unpaired) electrons. The molecule has 0 aromatic rings. The summed E-state index contributed by atoms with van der Waals surface area (Å²) < 4.78 is 31.9. The average molecular weight is 529 g/mol. The third-order valence-corrected chi connectivity index (χ3v) is 12.4. The van der Waals surface area contributed by atoms with E-state index in [9.17, 15) is 19.5 Å². The molecule has 5 heterocycles. The molecule has 38 heavy (non-hydrogen) atoms. The van der Waals surface area contributed by atoms with E-state index < -0.39 is 51.7 Å². The first kappa shape index (κ1) is 24.0. The second-order valence-electron chi connectivity index (χ2n) is 14.1. The molecule has 9 nitrogen and oxygen atoms in total. The van der Waals surface area contributed by atoms with Gasteiger partial charge in [0.1, 0.15) is 23.9 Å². The lowest BCUT2D eigenvalue weighted by atomic mass is 9.52. The summed E-state index contributed by atoms with van der Waals surface area (Å²) in [5.74, 6) is -3.96. The highest BCUT2D eigenvalue weighted by Crippen LogP contribution is 2.79. The lowest BCUT2D eigenvalue weighted by Crippen LogP contribution is -2.61. The van der Waals surface area contributed by atoms with Gasteiger partial charge in [-0.05, 0) is 58.4 Å². The van der Waals surface area contributed by atoms with Crippen molar-refractivity contribution in [1.82, 2.24) is 0 Å². The molecule has 9 heteroatoms. The van der Waals surface area contributed by atoms with E-state index in [4.69, 9.17) is 23.7 Å². The number of carbonyl (C=O) groups is 3. The molecule has 0 unspecified atom stereocenters. The van der Waals surface area contributed by atoms with Crippen LogP contribution >= 0.6 is 0 Å². The number of Topliss-reactive ketones (excluding diaryl/α,β-unsaturated/α-hetero) is 1. The SMILES string of the molecule is CC1=C[C@@H]([C@@H]2O[C@]34CC[C@]56C[C@]78OC(=O)C[C@H]7OC(C)(C)[C@@H]8CC[C@H]5[C@@]3(C)[C@@](O)(O6)C(=O)[C@@H]4[C@@H]2C)OC1=O. The van der Waals surface area contributed by atoms with E-state index in [2.05, 4.69) is 13.8 Å². The molecule has 2 bridgehead atoms. The summed E-state index contributed by atoms with van der Waals surface area (Å²) in [6.07, 6.45) is 3.55. The van der Waals surface area contributed by atoms with Crippen molar-refractivity contribution in [3.05, 3.63) is 11.6 Å². The van der Waals surface area contributed by atoms with Gasteiger partial charge in [0.2, 0.25) is 5.79 Å². The molecule has 1 N–H and O–H groups in total. The summed E-state index contributed by atoms with van der Waals surface area (Å²) >= 11 is 0. The molecule has 8 aliphatic rings. The molecule has 2 spiro atoms. The molecule has 0 amide bonds. The minimum Gasteiger partial charge on any atom is -0.456 e. The van der Waals surface area contributed by atoms with Crippen LogP contribution in [0.3, 0.4) is 0 Å². The van der Waals surface area contributed by atoms with E-state index in [1.54, 1.807) is 13.0 Å². The van der Waals surface area contributed by atoms with E-state index >= 15 is 0 Å². The number of ether oxygens (including phenoxy) is 5. The molecule has 0 aromatic heterocycles. The van der Waals surface area contributed by atoms with Crippen LogP contribution in [-0.2, 0) is 38.1 Å². The lowest BCUT2D eigenvalue weighted by molar-refractivity contribution is -0.252.